The van der Waals surface area contributed by atoms with Gasteiger partial charge in [-0.25, -0.2) is 0 Å². The lowest BCUT2D eigenvalue weighted by Crippen LogP contribution is -2.23. The monoisotopic (exact) mass is 256 g/mol. The van der Waals surface area contributed by atoms with E-state index in [1.807, 2.05) is 0 Å². The van der Waals surface area contributed by atoms with Gasteiger partial charge in [-0.2, -0.15) is 0 Å². The summed E-state index contributed by atoms with van der Waals surface area (Å²) in [4.78, 5) is 10.4. The van der Waals surface area contributed by atoms with Crippen LogP contribution in [0.25, 0.3) is 0 Å². The van der Waals surface area contributed by atoms with Crippen LogP contribution in [-0.4, -0.2) is 39.1 Å². The van der Waals surface area contributed by atoms with Crippen LogP contribution in [-0.2, 0) is 9.47 Å². The highest BCUT2D eigenvalue weighted by Crippen LogP contribution is 2.28. The molecule has 0 amide bonds. The van der Waals surface area contributed by atoms with Gasteiger partial charge in [0.15, 0.2) is 6.29 Å². The molecule has 0 spiro atoms. The minimum atomic E-state index is -0.473. The van der Waals surface area contributed by atoms with Crippen molar-refractivity contribution in [3.05, 3.63) is 28.3 Å². The number of methoxy groups -OCH3 is 3. The van der Waals surface area contributed by atoms with Gasteiger partial charge in [-0.1, -0.05) is 0 Å². The Bertz CT molecular complexity index is 406. The van der Waals surface area contributed by atoms with Gasteiger partial charge in [0, 0.05) is 14.2 Å². The second kappa shape index (κ2) is 6.77. The number of benzene rings is 1. The first-order valence-electron chi connectivity index (χ1n) is 5.24. The topological polar surface area (TPSA) is 82.9 Å². The predicted octanol–water partition coefficient (Wildman–Crippen LogP) is 1.63. The first kappa shape index (κ1) is 14.2. The van der Waals surface area contributed by atoms with Crippen molar-refractivity contribution in [1.82, 2.24) is 0 Å². The number of nitro benzene ring substituents is 1. The van der Waals surface area contributed by atoms with E-state index in [9.17, 15) is 10.1 Å². The molecule has 7 heteroatoms. The fourth-order valence-corrected chi connectivity index (χ4v) is 1.40. The Labute approximate surface area is 105 Å². The summed E-state index contributed by atoms with van der Waals surface area (Å²) >= 11 is 0. The van der Waals surface area contributed by atoms with Gasteiger partial charge in [-0.15, -0.1) is 0 Å². The molecule has 0 unspecified atom stereocenters. The molecule has 1 aromatic carbocycles. The van der Waals surface area contributed by atoms with E-state index in [-0.39, 0.29) is 5.69 Å². The Hall–Kier alpha value is -1.86. The number of nitrogens with one attached hydrogen (secondary N) is 1. The van der Waals surface area contributed by atoms with Crippen molar-refractivity contribution in [3.63, 3.8) is 0 Å². The highest BCUT2D eigenvalue weighted by atomic mass is 16.7. The molecule has 0 bridgehead atoms. The van der Waals surface area contributed by atoms with E-state index in [4.69, 9.17) is 14.2 Å². The number of hydrogen-bond donors (Lipinski definition) is 1. The van der Waals surface area contributed by atoms with Gasteiger partial charge >= 0.3 is 0 Å². The van der Waals surface area contributed by atoms with Gasteiger partial charge < -0.3 is 19.5 Å². The maximum Gasteiger partial charge on any atom is 0.296 e. The molecule has 0 aromatic heterocycles. The normalized spacial score (nSPS) is 10.4. The Morgan fingerprint density at radius 1 is 1.33 bits per heavy atom. The van der Waals surface area contributed by atoms with Crippen molar-refractivity contribution in [1.29, 1.82) is 0 Å². The van der Waals surface area contributed by atoms with Crippen LogP contribution >= 0.6 is 0 Å². The number of nitrogens with zero attached hydrogens (tertiary/aromatic N) is 1. The van der Waals surface area contributed by atoms with Crippen molar-refractivity contribution in [3.8, 4) is 5.75 Å². The summed E-state index contributed by atoms with van der Waals surface area (Å²) in [6.45, 7) is 0.306. The molecule has 0 heterocycles. The molecule has 7 nitrogen and oxygen atoms in total. The maximum absolute atomic E-state index is 10.9. The van der Waals surface area contributed by atoms with E-state index < -0.39 is 11.2 Å². The fraction of sp³-hybridized carbons (Fsp3) is 0.455. The minimum absolute atomic E-state index is 0.0553. The molecular weight excluding hydrogens is 240 g/mol. The first-order chi connectivity index (χ1) is 8.62. The second-order valence-corrected chi connectivity index (χ2v) is 3.42. The van der Waals surface area contributed by atoms with Crippen LogP contribution in [0.3, 0.4) is 0 Å². The van der Waals surface area contributed by atoms with Crippen LogP contribution in [0.15, 0.2) is 18.2 Å². The van der Waals surface area contributed by atoms with Crippen LogP contribution in [0.1, 0.15) is 0 Å². The quantitative estimate of drug-likeness (QED) is 0.453. The number of ether oxygens (including phenoxy) is 3. The van der Waals surface area contributed by atoms with Crippen LogP contribution < -0.4 is 10.1 Å². The molecular formula is C11H16N2O5. The number of anilines is 1. The summed E-state index contributed by atoms with van der Waals surface area (Å²) in [6.07, 6.45) is -0.466. The molecule has 0 aliphatic carbocycles. The number of hydrogen-bond acceptors (Lipinski definition) is 6. The lowest BCUT2D eigenvalue weighted by Gasteiger charge is -2.15. The minimum Gasteiger partial charge on any atom is -0.496 e. The molecule has 100 valence electrons. The summed E-state index contributed by atoms with van der Waals surface area (Å²) in [5.74, 6) is 0.433. The zero-order chi connectivity index (χ0) is 13.5. The zero-order valence-corrected chi connectivity index (χ0v) is 10.5. The molecule has 0 saturated carbocycles. The predicted molar refractivity (Wildman–Crippen MR) is 65.9 cm³/mol. The summed E-state index contributed by atoms with van der Waals surface area (Å²) in [5.41, 5.74) is 0.334. The zero-order valence-electron chi connectivity index (χ0n) is 10.5. The third kappa shape index (κ3) is 3.57. The number of rotatable bonds is 7. The highest BCUT2D eigenvalue weighted by molar-refractivity contribution is 5.63. The van der Waals surface area contributed by atoms with Crippen molar-refractivity contribution in [2.75, 3.05) is 33.2 Å². The van der Waals surface area contributed by atoms with Gasteiger partial charge in [0.05, 0.1) is 24.6 Å². The van der Waals surface area contributed by atoms with Crippen molar-refractivity contribution in [2.45, 2.75) is 6.29 Å². The first-order valence-corrected chi connectivity index (χ1v) is 5.24. The summed E-state index contributed by atoms with van der Waals surface area (Å²) in [5, 5.41) is 13.8. The van der Waals surface area contributed by atoms with Crippen LogP contribution in [0.4, 0.5) is 11.4 Å². The van der Waals surface area contributed by atoms with Gasteiger partial charge in [0.25, 0.3) is 5.69 Å². The lowest BCUT2D eigenvalue weighted by atomic mass is 10.2. The third-order valence-corrected chi connectivity index (χ3v) is 2.39. The summed E-state index contributed by atoms with van der Waals surface area (Å²) in [7, 11) is 4.45. The Morgan fingerprint density at radius 2 is 2.00 bits per heavy atom. The third-order valence-electron chi connectivity index (χ3n) is 2.39. The van der Waals surface area contributed by atoms with E-state index in [1.165, 1.54) is 27.4 Å². The highest BCUT2D eigenvalue weighted by Gasteiger charge is 2.16. The average molecular weight is 256 g/mol. The largest absolute Gasteiger partial charge is 0.496 e. The molecule has 1 aromatic rings. The van der Waals surface area contributed by atoms with E-state index >= 15 is 0 Å². The molecule has 0 fully saturated rings. The number of nitro groups is 1. The van der Waals surface area contributed by atoms with E-state index in [0.29, 0.717) is 18.0 Å². The second-order valence-electron chi connectivity index (χ2n) is 3.42. The average Bonchev–Trinajstić information content (AvgIpc) is 2.39. The van der Waals surface area contributed by atoms with E-state index in [1.54, 1.807) is 12.1 Å². The van der Waals surface area contributed by atoms with Crippen LogP contribution in [0.2, 0.25) is 0 Å². The standard InChI is InChI=1S/C11H16N2O5/c1-16-8-4-5-9(10(6-8)13(14)15)12-7-11(17-2)18-3/h4-6,11-12H,7H2,1-3H3. The van der Waals surface area contributed by atoms with Gasteiger partial charge in [0.1, 0.15) is 11.4 Å². The molecule has 1 N–H and O–H groups in total. The van der Waals surface area contributed by atoms with Gasteiger partial charge in [-0.05, 0) is 12.1 Å². The Morgan fingerprint density at radius 3 is 2.50 bits per heavy atom. The molecule has 1 rings (SSSR count). The van der Waals surface area contributed by atoms with Crippen molar-refractivity contribution in [2.24, 2.45) is 0 Å². The van der Waals surface area contributed by atoms with Crippen LogP contribution in [0, 0.1) is 10.1 Å². The van der Waals surface area contributed by atoms with Gasteiger partial charge in [0.2, 0.25) is 0 Å². The molecule has 18 heavy (non-hydrogen) atoms. The SMILES string of the molecule is COc1ccc(NCC(OC)OC)c([N+](=O)[O-])c1. The van der Waals surface area contributed by atoms with Crippen molar-refractivity contribution >= 4 is 11.4 Å². The van der Waals surface area contributed by atoms with Gasteiger partial charge in [-0.3, -0.25) is 10.1 Å². The summed E-state index contributed by atoms with van der Waals surface area (Å²) in [6, 6.07) is 4.58. The van der Waals surface area contributed by atoms with E-state index in [0.717, 1.165) is 0 Å². The molecule has 0 atom stereocenters. The van der Waals surface area contributed by atoms with E-state index in [2.05, 4.69) is 5.32 Å². The maximum atomic E-state index is 10.9. The summed E-state index contributed by atoms with van der Waals surface area (Å²) < 4.78 is 14.9. The Kier molecular flexibility index (Phi) is 5.34. The molecule has 0 aliphatic rings. The molecule has 0 saturated heterocycles. The lowest BCUT2D eigenvalue weighted by molar-refractivity contribution is -0.384. The fourth-order valence-electron chi connectivity index (χ4n) is 1.40. The smallest absolute Gasteiger partial charge is 0.296 e. The van der Waals surface area contributed by atoms with Crippen LogP contribution in [0.5, 0.6) is 5.75 Å². The molecule has 0 radical (unpaired) electrons. The Balaban J connectivity index is 2.84. The van der Waals surface area contributed by atoms with Crippen molar-refractivity contribution < 1.29 is 19.1 Å². The molecule has 0 aliphatic heterocycles.